The van der Waals surface area contributed by atoms with Gasteiger partial charge in [0.25, 0.3) is 5.69 Å². The van der Waals surface area contributed by atoms with Crippen LogP contribution in [0.25, 0.3) is 0 Å². The van der Waals surface area contributed by atoms with Crippen molar-refractivity contribution in [3.05, 3.63) is 75.6 Å². The van der Waals surface area contributed by atoms with Crippen LogP contribution in [0.1, 0.15) is 17.5 Å². The van der Waals surface area contributed by atoms with Gasteiger partial charge in [0.2, 0.25) is 0 Å². The number of ether oxygens (including phenoxy) is 1. The Hall–Kier alpha value is -2.27. The number of nitrogens with zero attached hydrogens (tertiary/aromatic N) is 2. The van der Waals surface area contributed by atoms with Crippen LogP contribution in [-0.4, -0.2) is 30.6 Å². The Morgan fingerprint density at radius 3 is 2.45 bits per heavy atom. The van der Waals surface area contributed by atoms with E-state index < -0.39 is 4.92 Å². The van der Waals surface area contributed by atoms with E-state index in [0.717, 1.165) is 37.3 Å². The van der Waals surface area contributed by atoms with E-state index in [9.17, 15) is 14.5 Å². The molecule has 0 radical (unpaired) electrons. The molecule has 29 heavy (non-hydrogen) atoms. The van der Waals surface area contributed by atoms with Gasteiger partial charge >= 0.3 is 0 Å². The Morgan fingerprint density at radius 2 is 1.83 bits per heavy atom. The van der Waals surface area contributed by atoms with Crippen LogP contribution in [0, 0.1) is 21.8 Å². The summed E-state index contributed by atoms with van der Waals surface area (Å²) in [6.45, 7) is 3.16. The molecule has 0 saturated carbocycles. The number of halogens is 2. The van der Waals surface area contributed by atoms with Crippen molar-refractivity contribution in [3.63, 3.8) is 0 Å². The Kier molecular flexibility index (Phi) is 9.26. The van der Waals surface area contributed by atoms with Crippen molar-refractivity contribution in [2.24, 2.45) is 10.9 Å². The number of rotatable bonds is 7. The summed E-state index contributed by atoms with van der Waals surface area (Å²) in [6, 6.07) is 12.6. The molecule has 1 unspecified atom stereocenters. The van der Waals surface area contributed by atoms with Crippen LogP contribution < -0.4 is 10.6 Å². The lowest BCUT2D eigenvalue weighted by molar-refractivity contribution is -0.384. The highest BCUT2D eigenvalue weighted by Crippen LogP contribution is 2.12. The molecular formula is C20H24FIN4O3. The van der Waals surface area contributed by atoms with E-state index in [1.807, 2.05) is 0 Å². The first-order valence-corrected chi connectivity index (χ1v) is 9.18. The minimum Gasteiger partial charge on any atom is -0.381 e. The van der Waals surface area contributed by atoms with Crippen molar-refractivity contribution in [1.82, 2.24) is 10.6 Å². The number of benzene rings is 2. The average molecular weight is 514 g/mol. The maximum absolute atomic E-state index is 13.1. The lowest BCUT2D eigenvalue weighted by Gasteiger charge is -2.15. The Balaban J connectivity index is 0.00000300. The van der Waals surface area contributed by atoms with Crippen LogP contribution in [0.4, 0.5) is 10.1 Å². The van der Waals surface area contributed by atoms with Crippen molar-refractivity contribution in [2.75, 3.05) is 19.8 Å². The molecule has 1 atom stereocenters. The molecule has 3 rings (SSSR count). The smallest absolute Gasteiger partial charge is 0.269 e. The lowest BCUT2D eigenvalue weighted by Crippen LogP contribution is -2.39. The van der Waals surface area contributed by atoms with Gasteiger partial charge in [-0.3, -0.25) is 10.1 Å². The van der Waals surface area contributed by atoms with Crippen LogP contribution in [-0.2, 0) is 17.8 Å². The van der Waals surface area contributed by atoms with E-state index in [0.29, 0.717) is 25.0 Å². The highest BCUT2D eigenvalue weighted by Gasteiger charge is 2.15. The number of nitro benzene ring substituents is 1. The maximum atomic E-state index is 13.1. The summed E-state index contributed by atoms with van der Waals surface area (Å²) in [6.07, 6.45) is 1.01. The van der Waals surface area contributed by atoms with Gasteiger partial charge in [-0.15, -0.1) is 24.0 Å². The number of aliphatic imine (C=N–C) groups is 1. The van der Waals surface area contributed by atoms with Crippen molar-refractivity contribution in [3.8, 4) is 0 Å². The molecule has 1 aliphatic heterocycles. The SMILES string of the molecule is I.O=[N+]([O-])c1ccc(CNC(=NCc2ccc(F)cc2)NCC2CCOC2)cc1. The number of guanidine groups is 1. The molecule has 0 spiro atoms. The van der Waals surface area contributed by atoms with E-state index in [2.05, 4.69) is 15.6 Å². The second-order valence-corrected chi connectivity index (χ2v) is 6.68. The van der Waals surface area contributed by atoms with E-state index >= 15 is 0 Å². The first-order chi connectivity index (χ1) is 13.6. The lowest BCUT2D eigenvalue weighted by atomic mass is 10.1. The molecule has 1 heterocycles. The van der Waals surface area contributed by atoms with Gasteiger partial charge in [0, 0.05) is 37.7 Å². The van der Waals surface area contributed by atoms with Crippen LogP contribution in [0.3, 0.4) is 0 Å². The Labute approximate surface area is 185 Å². The maximum Gasteiger partial charge on any atom is 0.269 e. The molecule has 1 fully saturated rings. The third-order valence-electron chi connectivity index (χ3n) is 4.52. The summed E-state index contributed by atoms with van der Waals surface area (Å²) in [7, 11) is 0. The quantitative estimate of drug-likeness (QED) is 0.194. The minimum absolute atomic E-state index is 0. The highest BCUT2D eigenvalue weighted by atomic mass is 127. The largest absolute Gasteiger partial charge is 0.381 e. The monoisotopic (exact) mass is 514 g/mol. The van der Waals surface area contributed by atoms with Crippen LogP contribution >= 0.6 is 24.0 Å². The van der Waals surface area contributed by atoms with Crippen molar-refractivity contribution >= 4 is 35.6 Å². The van der Waals surface area contributed by atoms with Gasteiger partial charge in [-0.2, -0.15) is 0 Å². The molecule has 2 N–H and O–H groups in total. The van der Waals surface area contributed by atoms with Gasteiger partial charge in [-0.1, -0.05) is 24.3 Å². The molecule has 2 aromatic rings. The Morgan fingerprint density at radius 1 is 1.14 bits per heavy atom. The first kappa shape index (κ1) is 23.0. The normalized spacial score (nSPS) is 16.2. The van der Waals surface area contributed by atoms with Crippen LogP contribution in [0.2, 0.25) is 0 Å². The molecule has 1 aliphatic rings. The van der Waals surface area contributed by atoms with Gasteiger partial charge in [0.15, 0.2) is 5.96 Å². The third kappa shape index (κ3) is 7.58. The molecule has 0 aromatic heterocycles. The van der Waals surface area contributed by atoms with Crippen molar-refractivity contribution in [1.29, 1.82) is 0 Å². The molecule has 9 heteroatoms. The van der Waals surface area contributed by atoms with Gasteiger partial charge in [0.1, 0.15) is 5.82 Å². The zero-order valence-electron chi connectivity index (χ0n) is 15.8. The van der Waals surface area contributed by atoms with Crippen LogP contribution in [0.5, 0.6) is 0 Å². The standard InChI is InChI=1S/C20H23FN4O3.HI/c21-18-5-1-15(2-6-18)11-22-20(24-13-17-9-10-28-14-17)23-12-16-3-7-19(8-4-16)25(26)27;/h1-8,17H,9-14H2,(H2,22,23,24);1H. The first-order valence-electron chi connectivity index (χ1n) is 9.18. The molecule has 156 valence electrons. The fraction of sp³-hybridized carbons (Fsp3) is 0.350. The van der Waals surface area contributed by atoms with Gasteiger partial charge in [-0.25, -0.2) is 9.38 Å². The third-order valence-corrected chi connectivity index (χ3v) is 4.52. The number of nitro groups is 1. The van der Waals surface area contributed by atoms with Gasteiger partial charge in [0.05, 0.1) is 18.1 Å². The van der Waals surface area contributed by atoms with Crippen LogP contribution in [0.15, 0.2) is 53.5 Å². The predicted molar refractivity (Wildman–Crippen MR) is 120 cm³/mol. The fourth-order valence-electron chi connectivity index (χ4n) is 2.84. The second-order valence-electron chi connectivity index (χ2n) is 6.68. The summed E-state index contributed by atoms with van der Waals surface area (Å²) in [5.74, 6) is 0.801. The van der Waals surface area contributed by atoms with Gasteiger partial charge < -0.3 is 15.4 Å². The fourth-order valence-corrected chi connectivity index (χ4v) is 2.84. The average Bonchev–Trinajstić information content (AvgIpc) is 3.22. The summed E-state index contributed by atoms with van der Waals surface area (Å²) in [4.78, 5) is 14.9. The predicted octanol–water partition coefficient (Wildman–Crippen LogP) is 3.62. The molecule has 0 bridgehead atoms. The minimum atomic E-state index is -0.419. The molecule has 7 nitrogen and oxygen atoms in total. The zero-order chi connectivity index (χ0) is 19.8. The second kappa shape index (κ2) is 11.7. The van der Waals surface area contributed by atoms with E-state index in [1.165, 1.54) is 24.3 Å². The molecule has 0 aliphatic carbocycles. The van der Waals surface area contributed by atoms with Crippen molar-refractivity contribution < 1.29 is 14.1 Å². The Bertz CT molecular complexity index is 809. The summed E-state index contributed by atoms with van der Waals surface area (Å²) in [5, 5.41) is 17.3. The van der Waals surface area contributed by atoms with E-state index in [4.69, 9.17) is 4.74 Å². The van der Waals surface area contributed by atoms with Crippen molar-refractivity contribution in [2.45, 2.75) is 19.5 Å². The molecule has 2 aromatic carbocycles. The summed E-state index contributed by atoms with van der Waals surface area (Å²) in [5.41, 5.74) is 1.88. The topological polar surface area (TPSA) is 88.8 Å². The summed E-state index contributed by atoms with van der Waals surface area (Å²) >= 11 is 0. The number of nitrogens with one attached hydrogen (secondary N) is 2. The zero-order valence-corrected chi connectivity index (χ0v) is 18.2. The number of hydrogen-bond acceptors (Lipinski definition) is 4. The highest BCUT2D eigenvalue weighted by molar-refractivity contribution is 14.0. The van der Waals surface area contributed by atoms with E-state index in [1.54, 1.807) is 24.3 Å². The molecular weight excluding hydrogens is 490 g/mol. The summed E-state index contributed by atoms with van der Waals surface area (Å²) < 4.78 is 18.5. The number of non-ortho nitro benzene ring substituents is 1. The molecule has 1 saturated heterocycles. The number of hydrogen-bond donors (Lipinski definition) is 2. The van der Waals surface area contributed by atoms with E-state index in [-0.39, 0.29) is 35.5 Å². The molecule has 0 amide bonds. The van der Waals surface area contributed by atoms with Gasteiger partial charge in [-0.05, 0) is 29.7 Å².